The minimum absolute atomic E-state index is 0.0599. The summed E-state index contributed by atoms with van der Waals surface area (Å²) >= 11 is 0. The molecule has 6 atom stereocenters. The number of hydrogen-bond donors (Lipinski definition) is 1. The van der Waals surface area contributed by atoms with Crippen LogP contribution in [0.2, 0.25) is 0 Å². The summed E-state index contributed by atoms with van der Waals surface area (Å²) < 4.78 is 12.7. The lowest BCUT2D eigenvalue weighted by atomic mass is 9.65. The van der Waals surface area contributed by atoms with Gasteiger partial charge in [-0.05, 0) is 76.5 Å². The second-order valence-corrected chi connectivity index (χ2v) is 15.3. The lowest BCUT2D eigenvalue weighted by Gasteiger charge is -2.46. The van der Waals surface area contributed by atoms with Crippen LogP contribution in [0.4, 0.5) is 0 Å². The molecule has 3 fully saturated rings. The predicted molar refractivity (Wildman–Crippen MR) is 169 cm³/mol. The molecule has 0 radical (unpaired) electrons. The van der Waals surface area contributed by atoms with Gasteiger partial charge in [-0.1, -0.05) is 53.7 Å². The van der Waals surface area contributed by atoms with E-state index in [4.69, 9.17) is 9.47 Å². The molecule has 3 aliphatic heterocycles. The van der Waals surface area contributed by atoms with Crippen molar-refractivity contribution in [3.63, 3.8) is 0 Å². The normalized spacial score (nSPS) is 29.1. The fourth-order valence-electron chi connectivity index (χ4n) is 8.47. The smallest absolute Gasteiger partial charge is 0.312 e. The second-order valence-electron chi connectivity index (χ2n) is 15.3. The first-order valence-corrected chi connectivity index (χ1v) is 16.4. The van der Waals surface area contributed by atoms with Crippen LogP contribution >= 0.6 is 0 Å². The minimum atomic E-state index is -1.17. The van der Waals surface area contributed by atoms with Crippen LogP contribution in [0.1, 0.15) is 107 Å². The Balaban J connectivity index is 2.12. The van der Waals surface area contributed by atoms with Gasteiger partial charge in [0.2, 0.25) is 11.8 Å². The fraction of sp³-hybridized carbons (Fsp3) is 0.800. The summed E-state index contributed by atoms with van der Waals surface area (Å²) in [6.45, 7) is 24.6. The van der Waals surface area contributed by atoms with Gasteiger partial charge in [0.15, 0.2) is 0 Å². The highest BCUT2D eigenvalue weighted by molar-refractivity contribution is 5.99. The first-order valence-electron chi connectivity index (χ1n) is 16.4. The van der Waals surface area contributed by atoms with Crippen molar-refractivity contribution in [2.45, 2.75) is 136 Å². The summed E-state index contributed by atoms with van der Waals surface area (Å²) in [5.41, 5.74) is -2.64. The van der Waals surface area contributed by atoms with Crippen molar-refractivity contribution in [3.05, 3.63) is 25.3 Å². The van der Waals surface area contributed by atoms with Gasteiger partial charge in [-0.2, -0.15) is 0 Å². The molecule has 0 aromatic heterocycles. The number of allylic oxidation sites excluding steroid dienone is 1. The Morgan fingerprint density at radius 2 is 1.84 bits per heavy atom. The Hall–Kier alpha value is -2.19. The molecule has 244 valence electrons. The second kappa shape index (κ2) is 13.4. The molecule has 3 rings (SSSR count). The van der Waals surface area contributed by atoms with Crippen molar-refractivity contribution in [2.75, 3.05) is 19.8 Å². The number of carbonyl (C=O) groups is 3. The third-order valence-electron chi connectivity index (χ3n) is 9.77. The number of likely N-dealkylation sites (tertiary alicyclic amines) is 1. The van der Waals surface area contributed by atoms with Crippen molar-refractivity contribution < 1.29 is 29.0 Å². The Morgan fingerprint density at radius 1 is 1.16 bits per heavy atom. The lowest BCUT2D eigenvalue weighted by molar-refractivity contribution is -0.165. The molecule has 8 heteroatoms. The van der Waals surface area contributed by atoms with Gasteiger partial charge in [-0.3, -0.25) is 14.4 Å². The van der Waals surface area contributed by atoms with Gasteiger partial charge >= 0.3 is 5.97 Å². The molecule has 1 spiro atoms. The summed E-state index contributed by atoms with van der Waals surface area (Å²) in [5, 5.41) is 10.6. The minimum Gasteiger partial charge on any atom is -0.465 e. The van der Waals surface area contributed by atoms with E-state index < -0.39 is 46.6 Å². The van der Waals surface area contributed by atoms with E-state index in [9.17, 15) is 19.5 Å². The molecule has 3 saturated heterocycles. The van der Waals surface area contributed by atoms with E-state index in [1.165, 1.54) is 0 Å². The highest BCUT2D eigenvalue weighted by Crippen LogP contribution is 2.65. The summed E-state index contributed by atoms with van der Waals surface area (Å²) in [4.78, 5) is 46.9. The zero-order valence-corrected chi connectivity index (χ0v) is 28.1. The van der Waals surface area contributed by atoms with Crippen LogP contribution in [0.15, 0.2) is 25.3 Å². The highest BCUT2D eigenvalue weighted by atomic mass is 16.6. The van der Waals surface area contributed by atoms with Gasteiger partial charge in [0.1, 0.15) is 17.6 Å². The van der Waals surface area contributed by atoms with E-state index in [1.807, 2.05) is 31.7 Å². The van der Waals surface area contributed by atoms with Crippen molar-refractivity contribution in [1.82, 2.24) is 9.80 Å². The first-order chi connectivity index (χ1) is 20.1. The molecule has 2 unspecified atom stereocenters. The van der Waals surface area contributed by atoms with E-state index in [-0.39, 0.29) is 36.4 Å². The Kier molecular flexibility index (Phi) is 11.0. The van der Waals surface area contributed by atoms with E-state index in [0.29, 0.717) is 38.6 Å². The Bertz CT molecular complexity index is 1050. The number of amides is 2. The fourth-order valence-corrected chi connectivity index (χ4v) is 8.47. The summed E-state index contributed by atoms with van der Waals surface area (Å²) in [7, 11) is 0. The maximum Gasteiger partial charge on any atom is 0.312 e. The van der Waals surface area contributed by atoms with E-state index in [1.54, 1.807) is 11.0 Å². The molecule has 2 amide bonds. The van der Waals surface area contributed by atoms with Gasteiger partial charge in [-0.15, -0.1) is 13.2 Å². The number of aliphatic hydroxyl groups excluding tert-OH is 1. The van der Waals surface area contributed by atoms with Gasteiger partial charge in [0, 0.05) is 12.1 Å². The van der Waals surface area contributed by atoms with Crippen LogP contribution in [-0.4, -0.2) is 81.3 Å². The van der Waals surface area contributed by atoms with Crippen molar-refractivity contribution >= 4 is 17.8 Å². The maximum atomic E-state index is 15.0. The molecular weight excluding hydrogens is 544 g/mol. The average molecular weight is 603 g/mol. The van der Waals surface area contributed by atoms with Gasteiger partial charge in [0.05, 0.1) is 30.8 Å². The number of fused-ring (bicyclic) bond motifs is 1. The monoisotopic (exact) mass is 602 g/mol. The quantitative estimate of drug-likeness (QED) is 0.139. The number of nitrogens with zero attached hydrogens (tertiary/aromatic N) is 2. The number of esters is 1. The Morgan fingerprint density at radius 3 is 2.37 bits per heavy atom. The third-order valence-corrected chi connectivity index (χ3v) is 9.77. The van der Waals surface area contributed by atoms with Crippen LogP contribution in [0.3, 0.4) is 0 Å². The van der Waals surface area contributed by atoms with E-state index >= 15 is 0 Å². The zero-order valence-electron chi connectivity index (χ0n) is 28.1. The van der Waals surface area contributed by atoms with E-state index in [2.05, 4.69) is 47.8 Å². The van der Waals surface area contributed by atoms with Gasteiger partial charge < -0.3 is 24.4 Å². The number of rotatable bonds is 16. The highest BCUT2D eigenvalue weighted by Gasteiger charge is 2.79. The van der Waals surface area contributed by atoms with Crippen LogP contribution in [0.25, 0.3) is 0 Å². The maximum absolute atomic E-state index is 15.0. The number of ether oxygens (including phenoxy) is 2. The van der Waals surface area contributed by atoms with Crippen molar-refractivity contribution in [1.29, 1.82) is 0 Å². The topological polar surface area (TPSA) is 96.4 Å². The van der Waals surface area contributed by atoms with Gasteiger partial charge in [-0.25, -0.2) is 0 Å². The summed E-state index contributed by atoms with van der Waals surface area (Å²) in [5.74, 6) is -2.38. The molecule has 0 aromatic carbocycles. The number of hydrogen-bond acceptors (Lipinski definition) is 6. The Labute approximate surface area is 260 Å². The number of aliphatic hydroxyl groups is 1. The van der Waals surface area contributed by atoms with Crippen molar-refractivity contribution in [3.8, 4) is 0 Å². The summed E-state index contributed by atoms with van der Waals surface area (Å²) in [6, 6.07) is -1.53. The van der Waals surface area contributed by atoms with E-state index in [0.717, 1.165) is 19.3 Å². The predicted octanol–water partition coefficient (Wildman–Crippen LogP) is 5.68. The molecule has 2 bridgehead atoms. The molecular formula is C35H58N2O6. The largest absolute Gasteiger partial charge is 0.465 e. The average Bonchev–Trinajstić information content (AvgIpc) is 3.51. The molecule has 1 N–H and O–H groups in total. The molecule has 3 aliphatic rings. The first kappa shape index (κ1) is 35.3. The number of carbonyl (C=O) groups excluding carboxylic acids is 3. The van der Waals surface area contributed by atoms with Crippen LogP contribution in [0.5, 0.6) is 0 Å². The lowest BCUT2D eigenvalue weighted by Crippen LogP contribution is -2.62. The summed E-state index contributed by atoms with van der Waals surface area (Å²) in [6.07, 6.45) is 8.85. The van der Waals surface area contributed by atoms with Gasteiger partial charge in [0.25, 0.3) is 0 Å². The van der Waals surface area contributed by atoms with Crippen LogP contribution in [0, 0.1) is 23.2 Å². The standard InChI is InChI=1S/C35H58N2O6/c1-11-14-15-16-20-42-31(41)27-26-29(39)37(25(22-38)21-24(4)5)28(35(26)18-17-34(27,13-3)43-35)30(40)36(19-12-2)33(9,10)23-32(6,7)8/h11-12,24-28,38H,1-2,13-23H2,3-10H3/t25-,26+,27+,28?,34-,35?/m1/s1. The molecule has 3 heterocycles. The SMILES string of the molecule is C=CCCCCOC(=O)[C@@H]1[C@H]2C(=O)N([C@@H](CO)CC(C)C)C(C(=O)N(CC=C)C(C)(C)CC(C)(C)C)C23CC[C@@]1(CC)O3. The third kappa shape index (κ3) is 6.75. The molecule has 0 aliphatic carbocycles. The van der Waals surface area contributed by atoms with Crippen LogP contribution < -0.4 is 0 Å². The number of unbranched alkanes of at least 4 members (excludes halogenated alkanes) is 2. The van der Waals surface area contributed by atoms with Crippen molar-refractivity contribution in [2.24, 2.45) is 23.2 Å². The molecule has 0 saturated carbocycles. The molecule has 43 heavy (non-hydrogen) atoms. The van der Waals surface area contributed by atoms with Crippen LogP contribution in [-0.2, 0) is 23.9 Å². The molecule has 0 aromatic rings. The zero-order chi connectivity index (χ0) is 32.4. The molecule has 8 nitrogen and oxygen atoms in total.